The number of hydrogen-bond acceptors (Lipinski definition) is 5. The summed E-state index contributed by atoms with van der Waals surface area (Å²) in [7, 11) is 0. The number of hydrogen-bond donors (Lipinski definition) is 0. The zero-order valence-corrected chi connectivity index (χ0v) is 20.6. The van der Waals surface area contributed by atoms with E-state index in [-0.39, 0.29) is 38.2 Å². The highest BCUT2D eigenvalue weighted by molar-refractivity contribution is 6.44. The standard InChI is InChI=1S/C29H17Cl2NO5/c30-23-15-21-22(16-24(23)31)28(35)32(27(21)34)20-13-7-12-19(14-20)29(36)37-26(18-10-5-2-6-11-18)25(33)17-8-3-1-4-9-17/h1-16,26H/t26-/m0/s1. The number of halogens is 2. The van der Waals surface area contributed by atoms with Crippen LogP contribution in [0.2, 0.25) is 10.0 Å². The van der Waals surface area contributed by atoms with Crippen molar-refractivity contribution < 1.29 is 23.9 Å². The molecule has 1 atom stereocenters. The highest BCUT2D eigenvalue weighted by Crippen LogP contribution is 2.34. The first-order valence-electron chi connectivity index (χ1n) is 11.2. The average Bonchev–Trinajstić information content (AvgIpc) is 3.16. The maximum atomic E-state index is 13.3. The number of carbonyl (C=O) groups excluding carboxylic acids is 4. The smallest absolute Gasteiger partial charge is 0.339 e. The molecule has 2 amide bonds. The quantitative estimate of drug-likeness (QED) is 0.160. The summed E-state index contributed by atoms with van der Waals surface area (Å²) < 4.78 is 5.69. The van der Waals surface area contributed by atoms with Gasteiger partial charge < -0.3 is 4.74 Å². The third-order valence-corrected chi connectivity index (χ3v) is 6.61. The molecule has 8 heteroatoms. The number of ketones is 1. The molecule has 0 spiro atoms. The minimum absolute atomic E-state index is 0.0620. The fourth-order valence-corrected chi connectivity index (χ4v) is 4.40. The lowest BCUT2D eigenvalue weighted by molar-refractivity contribution is 0.0280. The highest BCUT2D eigenvalue weighted by Gasteiger charge is 2.38. The maximum Gasteiger partial charge on any atom is 0.339 e. The first-order valence-corrected chi connectivity index (χ1v) is 11.9. The number of esters is 1. The zero-order chi connectivity index (χ0) is 26.1. The van der Waals surface area contributed by atoms with Gasteiger partial charge in [0.25, 0.3) is 11.8 Å². The first kappa shape index (κ1) is 24.4. The molecule has 0 radical (unpaired) electrons. The maximum absolute atomic E-state index is 13.3. The molecule has 0 saturated carbocycles. The molecular formula is C29H17Cl2NO5. The zero-order valence-electron chi connectivity index (χ0n) is 19.1. The number of carbonyl (C=O) groups is 4. The van der Waals surface area contributed by atoms with E-state index in [4.69, 9.17) is 27.9 Å². The van der Waals surface area contributed by atoms with Gasteiger partial charge in [-0.1, -0.05) is 89.9 Å². The first-order chi connectivity index (χ1) is 17.8. The number of benzene rings is 4. The summed E-state index contributed by atoms with van der Waals surface area (Å²) in [6.07, 6.45) is -1.19. The minimum atomic E-state index is -1.19. The molecule has 182 valence electrons. The monoisotopic (exact) mass is 529 g/mol. The summed E-state index contributed by atoms with van der Waals surface area (Å²) in [6.45, 7) is 0. The third kappa shape index (κ3) is 4.65. The van der Waals surface area contributed by atoms with Crippen LogP contribution in [0.1, 0.15) is 53.1 Å². The van der Waals surface area contributed by atoms with Crippen LogP contribution in [0.3, 0.4) is 0 Å². The van der Waals surface area contributed by atoms with E-state index in [0.29, 0.717) is 11.1 Å². The van der Waals surface area contributed by atoms with Crippen molar-refractivity contribution in [2.24, 2.45) is 0 Å². The van der Waals surface area contributed by atoms with E-state index in [0.717, 1.165) is 4.90 Å². The van der Waals surface area contributed by atoms with Crippen molar-refractivity contribution >= 4 is 52.5 Å². The molecule has 5 rings (SSSR count). The summed E-state index contributed by atoms with van der Waals surface area (Å²) in [4.78, 5) is 53.4. The Kier molecular flexibility index (Phi) is 6.61. The fourth-order valence-electron chi connectivity index (χ4n) is 4.07. The predicted octanol–water partition coefficient (Wildman–Crippen LogP) is 6.58. The number of Topliss-reactive ketones (excluding diaryl/α,β-unsaturated/α-hetero) is 1. The molecule has 6 nitrogen and oxygen atoms in total. The second kappa shape index (κ2) is 10.0. The predicted molar refractivity (Wildman–Crippen MR) is 139 cm³/mol. The van der Waals surface area contributed by atoms with Gasteiger partial charge in [0.15, 0.2) is 6.10 Å². The van der Waals surface area contributed by atoms with Gasteiger partial charge >= 0.3 is 5.97 Å². The van der Waals surface area contributed by atoms with E-state index in [1.165, 1.54) is 36.4 Å². The van der Waals surface area contributed by atoms with Crippen LogP contribution in [0.4, 0.5) is 5.69 Å². The van der Waals surface area contributed by atoms with Gasteiger partial charge in [-0.25, -0.2) is 9.69 Å². The van der Waals surface area contributed by atoms with Gasteiger partial charge in [0, 0.05) is 11.1 Å². The van der Waals surface area contributed by atoms with Crippen molar-refractivity contribution in [2.45, 2.75) is 6.10 Å². The van der Waals surface area contributed by atoms with E-state index in [1.54, 1.807) is 60.7 Å². The number of ether oxygens (including phenoxy) is 1. The van der Waals surface area contributed by atoms with Crippen LogP contribution in [-0.2, 0) is 4.74 Å². The van der Waals surface area contributed by atoms with Crippen LogP contribution in [0.5, 0.6) is 0 Å². The van der Waals surface area contributed by atoms with Crippen molar-refractivity contribution in [2.75, 3.05) is 4.90 Å². The van der Waals surface area contributed by atoms with Crippen molar-refractivity contribution in [1.29, 1.82) is 0 Å². The normalized spacial score (nSPS) is 13.3. The average molecular weight is 530 g/mol. The molecule has 1 heterocycles. The van der Waals surface area contributed by atoms with Crippen LogP contribution in [-0.4, -0.2) is 23.6 Å². The molecule has 0 bridgehead atoms. The molecule has 0 fully saturated rings. The molecule has 4 aromatic carbocycles. The number of rotatable bonds is 6. The van der Waals surface area contributed by atoms with Crippen molar-refractivity contribution in [1.82, 2.24) is 0 Å². The van der Waals surface area contributed by atoms with Crippen LogP contribution in [0.15, 0.2) is 97.1 Å². The van der Waals surface area contributed by atoms with Crippen molar-refractivity contribution in [3.8, 4) is 0 Å². The van der Waals surface area contributed by atoms with E-state index < -0.39 is 23.9 Å². The number of nitrogens with zero attached hydrogens (tertiary/aromatic N) is 1. The largest absolute Gasteiger partial charge is 0.445 e. The molecule has 4 aromatic rings. The molecule has 37 heavy (non-hydrogen) atoms. The van der Waals surface area contributed by atoms with Gasteiger partial charge in [-0.2, -0.15) is 0 Å². The van der Waals surface area contributed by atoms with Crippen molar-refractivity contribution in [3.63, 3.8) is 0 Å². The number of anilines is 1. The molecule has 0 N–H and O–H groups in total. The summed E-state index contributed by atoms with van der Waals surface area (Å²) >= 11 is 12.1. The Morgan fingerprint density at radius 3 is 1.81 bits per heavy atom. The van der Waals surface area contributed by atoms with Crippen LogP contribution in [0.25, 0.3) is 0 Å². The summed E-state index contributed by atoms with van der Waals surface area (Å²) in [5.41, 5.74) is 1.36. The molecule has 1 aliphatic heterocycles. The fraction of sp³-hybridized carbons (Fsp3) is 0.0345. The Labute approximate surface area is 222 Å². The summed E-state index contributed by atoms with van der Waals surface area (Å²) in [5.74, 6) is -2.36. The number of amides is 2. The second-order valence-corrected chi connectivity index (χ2v) is 9.05. The topological polar surface area (TPSA) is 80.8 Å². The Hall–Kier alpha value is -4.26. The van der Waals surface area contributed by atoms with Gasteiger partial charge in [0.05, 0.1) is 32.4 Å². The van der Waals surface area contributed by atoms with Gasteiger partial charge in [0.1, 0.15) is 0 Å². The highest BCUT2D eigenvalue weighted by atomic mass is 35.5. The van der Waals surface area contributed by atoms with Crippen LogP contribution in [0, 0.1) is 0 Å². The Morgan fingerprint density at radius 1 is 0.676 bits per heavy atom. The lowest BCUT2D eigenvalue weighted by Crippen LogP contribution is -2.29. The Bertz CT molecular complexity index is 1510. The molecular weight excluding hydrogens is 513 g/mol. The lowest BCUT2D eigenvalue weighted by Gasteiger charge is -2.19. The van der Waals surface area contributed by atoms with Gasteiger partial charge in [-0.3, -0.25) is 14.4 Å². The molecule has 1 aliphatic rings. The van der Waals surface area contributed by atoms with E-state index in [1.807, 2.05) is 0 Å². The SMILES string of the molecule is O=C(O[C@H](C(=O)c1ccccc1)c1ccccc1)c1cccc(N2C(=O)c3cc(Cl)c(Cl)cc3C2=O)c1. The molecule has 0 aliphatic carbocycles. The van der Waals surface area contributed by atoms with Gasteiger partial charge in [0.2, 0.25) is 5.78 Å². The Balaban J connectivity index is 1.45. The second-order valence-electron chi connectivity index (χ2n) is 8.23. The third-order valence-electron chi connectivity index (χ3n) is 5.89. The van der Waals surface area contributed by atoms with E-state index in [2.05, 4.69) is 0 Å². The summed E-state index contributed by atoms with van der Waals surface area (Å²) in [6, 6.07) is 25.8. The van der Waals surface area contributed by atoms with Gasteiger partial charge in [-0.05, 0) is 30.3 Å². The lowest BCUT2D eigenvalue weighted by atomic mass is 9.99. The molecule has 0 saturated heterocycles. The van der Waals surface area contributed by atoms with Crippen LogP contribution < -0.4 is 4.90 Å². The van der Waals surface area contributed by atoms with E-state index >= 15 is 0 Å². The molecule has 0 unspecified atom stereocenters. The minimum Gasteiger partial charge on any atom is -0.445 e. The van der Waals surface area contributed by atoms with Crippen molar-refractivity contribution in [3.05, 3.63) is 135 Å². The number of imide groups is 1. The van der Waals surface area contributed by atoms with Gasteiger partial charge in [-0.15, -0.1) is 0 Å². The Morgan fingerprint density at radius 2 is 1.22 bits per heavy atom. The number of fused-ring (bicyclic) bond motifs is 1. The van der Waals surface area contributed by atoms with E-state index in [9.17, 15) is 19.2 Å². The molecule has 0 aromatic heterocycles. The summed E-state index contributed by atoms with van der Waals surface area (Å²) in [5, 5.41) is 0.298. The van der Waals surface area contributed by atoms with Crippen LogP contribution >= 0.6 is 23.2 Å².